The quantitative estimate of drug-likeness (QED) is 0.553. The number of ether oxygens (including phenoxy) is 2. The summed E-state index contributed by atoms with van der Waals surface area (Å²) in [6, 6.07) is 15.3. The molecule has 2 aromatic carbocycles. The molecule has 0 aliphatic carbocycles. The maximum atomic E-state index is 13.9. The van der Waals surface area contributed by atoms with E-state index >= 15 is 0 Å². The van der Waals surface area contributed by atoms with Gasteiger partial charge < -0.3 is 19.3 Å². The smallest absolute Gasteiger partial charge is 0.308 e. The Morgan fingerprint density at radius 2 is 1.47 bits per heavy atom. The van der Waals surface area contributed by atoms with Crippen LogP contribution in [0.2, 0.25) is 0 Å². The Balaban J connectivity index is 2.00. The van der Waals surface area contributed by atoms with Crippen molar-refractivity contribution in [1.29, 1.82) is 0 Å². The fraction of sp³-hybridized carbons (Fsp3) is 0.444. The van der Waals surface area contributed by atoms with Gasteiger partial charge in [-0.25, -0.2) is 0 Å². The molecule has 0 spiro atoms. The molecule has 0 radical (unpaired) electrons. The summed E-state index contributed by atoms with van der Waals surface area (Å²) in [5, 5.41) is 0. The largest absolute Gasteiger partial charge is 0.497 e. The number of piperazine rings is 1. The lowest BCUT2D eigenvalue weighted by Gasteiger charge is -2.49. The zero-order valence-electron chi connectivity index (χ0n) is 20.6. The van der Waals surface area contributed by atoms with Crippen molar-refractivity contribution in [3.05, 3.63) is 65.7 Å². The van der Waals surface area contributed by atoms with Crippen LogP contribution in [0, 0.1) is 5.41 Å². The number of carbonyl (C=O) groups excluding carboxylic acids is 3. The van der Waals surface area contributed by atoms with E-state index in [4.69, 9.17) is 9.47 Å². The first-order valence-corrected chi connectivity index (χ1v) is 11.6. The maximum Gasteiger partial charge on any atom is 0.308 e. The van der Waals surface area contributed by atoms with E-state index < -0.39 is 23.5 Å². The molecule has 0 unspecified atom stereocenters. The van der Waals surface area contributed by atoms with Crippen LogP contribution >= 0.6 is 0 Å². The summed E-state index contributed by atoms with van der Waals surface area (Å²) in [4.78, 5) is 43.4. The van der Waals surface area contributed by atoms with Crippen molar-refractivity contribution in [2.24, 2.45) is 5.41 Å². The van der Waals surface area contributed by atoms with Crippen molar-refractivity contribution in [3.8, 4) is 5.75 Å². The minimum Gasteiger partial charge on any atom is -0.497 e. The number of nitrogens with zero attached hydrogens (tertiary/aromatic N) is 2. The molecule has 1 heterocycles. The monoisotopic (exact) mass is 466 g/mol. The van der Waals surface area contributed by atoms with Crippen molar-refractivity contribution in [1.82, 2.24) is 9.80 Å². The fourth-order valence-electron chi connectivity index (χ4n) is 4.37. The molecule has 0 aromatic heterocycles. The normalized spacial score (nSPS) is 18.7. The lowest BCUT2D eigenvalue weighted by molar-refractivity contribution is -0.171. The zero-order valence-corrected chi connectivity index (χ0v) is 20.6. The van der Waals surface area contributed by atoms with E-state index in [0.717, 1.165) is 11.1 Å². The van der Waals surface area contributed by atoms with Crippen LogP contribution in [-0.2, 0) is 32.2 Å². The Morgan fingerprint density at radius 1 is 0.882 bits per heavy atom. The topological polar surface area (TPSA) is 76.1 Å². The molecule has 1 aliphatic heterocycles. The predicted molar refractivity (Wildman–Crippen MR) is 129 cm³/mol. The summed E-state index contributed by atoms with van der Waals surface area (Å²) in [6.07, 6.45) is -0.179. The highest BCUT2D eigenvalue weighted by atomic mass is 16.5. The molecule has 0 N–H and O–H groups in total. The van der Waals surface area contributed by atoms with Crippen LogP contribution in [0.4, 0.5) is 0 Å². The SMILES string of the molecule is CCOC(=O)C[C@H]1C(=O)N(Cc2ccc(OC)cc2)[C@H](C(C)(C)C)C(=O)N1Cc1ccccc1. The number of hydrogen-bond acceptors (Lipinski definition) is 5. The van der Waals surface area contributed by atoms with E-state index in [1.807, 2.05) is 75.4 Å². The second-order valence-electron chi connectivity index (χ2n) is 9.56. The zero-order chi connectivity index (χ0) is 24.9. The van der Waals surface area contributed by atoms with Gasteiger partial charge in [-0.2, -0.15) is 0 Å². The van der Waals surface area contributed by atoms with Crippen molar-refractivity contribution < 1.29 is 23.9 Å². The Labute approximate surface area is 201 Å². The molecule has 182 valence electrons. The van der Waals surface area contributed by atoms with Gasteiger partial charge in [0.25, 0.3) is 0 Å². The van der Waals surface area contributed by atoms with Gasteiger partial charge in [-0.1, -0.05) is 63.2 Å². The van der Waals surface area contributed by atoms with E-state index in [1.165, 1.54) is 0 Å². The van der Waals surface area contributed by atoms with Gasteiger partial charge in [0.15, 0.2) is 0 Å². The van der Waals surface area contributed by atoms with Gasteiger partial charge in [-0.05, 0) is 35.6 Å². The molecule has 2 aromatic rings. The van der Waals surface area contributed by atoms with E-state index in [9.17, 15) is 14.4 Å². The van der Waals surface area contributed by atoms with Gasteiger partial charge in [0.2, 0.25) is 11.8 Å². The summed E-state index contributed by atoms with van der Waals surface area (Å²) < 4.78 is 10.4. The summed E-state index contributed by atoms with van der Waals surface area (Å²) >= 11 is 0. The van der Waals surface area contributed by atoms with Crippen LogP contribution in [0.3, 0.4) is 0 Å². The first-order valence-electron chi connectivity index (χ1n) is 11.6. The van der Waals surface area contributed by atoms with Crippen LogP contribution in [0.1, 0.15) is 45.2 Å². The first-order chi connectivity index (χ1) is 16.2. The Bertz CT molecular complexity index is 998. The highest BCUT2D eigenvalue weighted by Crippen LogP contribution is 2.34. The standard InChI is InChI=1S/C27H34N2O5/c1-6-34-23(30)16-22-25(31)29(18-20-12-14-21(33-5)15-13-20)24(27(2,3)4)26(32)28(22)17-19-10-8-7-9-11-19/h7-15,22,24H,6,16-18H2,1-5H3/t22-,24-/m0/s1. The van der Waals surface area contributed by atoms with E-state index in [1.54, 1.807) is 23.8 Å². The van der Waals surface area contributed by atoms with E-state index in [0.29, 0.717) is 5.75 Å². The number of carbonyl (C=O) groups is 3. The molecule has 1 saturated heterocycles. The predicted octanol–water partition coefficient (Wildman–Crippen LogP) is 3.80. The van der Waals surface area contributed by atoms with Crippen LogP contribution in [0.5, 0.6) is 5.75 Å². The summed E-state index contributed by atoms with van der Waals surface area (Å²) in [7, 11) is 1.60. The molecular formula is C27H34N2O5. The average Bonchev–Trinajstić information content (AvgIpc) is 2.80. The Kier molecular flexibility index (Phi) is 7.97. The van der Waals surface area contributed by atoms with E-state index in [-0.39, 0.29) is 37.9 Å². The third-order valence-corrected chi connectivity index (χ3v) is 5.97. The second-order valence-corrected chi connectivity index (χ2v) is 9.56. The molecule has 1 aliphatic rings. The third kappa shape index (κ3) is 5.76. The van der Waals surface area contributed by atoms with Crippen LogP contribution in [0.15, 0.2) is 54.6 Å². The number of amides is 2. The van der Waals surface area contributed by atoms with Crippen molar-refractivity contribution >= 4 is 17.8 Å². The number of methoxy groups -OCH3 is 1. The molecule has 3 rings (SSSR count). The molecule has 0 saturated carbocycles. The highest BCUT2D eigenvalue weighted by Gasteiger charge is 2.50. The van der Waals surface area contributed by atoms with Crippen molar-refractivity contribution in [2.45, 2.75) is 59.3 Å². The Hall–Kier alpha value is -3.35. The number of benzene rings is 2. The van der Waals surface area contributed by atoms with Crippen LogP contribution in [0.25, 0.3) is 0 Å². The molecule has 1 fully saturated rings. The van der Waals surface area contributed by atoms with Crippen molar-refractivity contribution in [3.63, 3.8) is 0 Å². The van der Waals surface area contributed by atoms with Gasteiger partial charge in [-0.3, -0.25) is 14.4 Å². The van der Waals surface area contributed by atoms with Crippen molar-refractivity contribution in [2.75, 3.05) is 13.7 Å². The van der Waals surface area contributed by atoms with Gasteiger partial charge in [0, 0.05) is 13.1 Å². The summed E-state index contributed by atoms with van der Waals surface area (Å²) in [5.74, 6) is -0.199. The lowest BCUT2D eigenvalue weighted by atomic mass is 9.81. The van der Waals surface area contributed by atoms with Gasteiger partial charge >= 0.3 is 5.97 Å². The van der Waals surface area contributed by atoms with E-state index in [2.05, 4.69) is 0 Å². The molecule has 34 heavy (non-hydrogen) atoms. The highest BCUT2D eigenvalue weighted by molar-refractivity contribution is 5.99. The minimum absolute atomic E-state index is 0.168. The second kappa shape index (κ2) is 10.7. The maximum absolute atomic E-state index is 13.9. The molecular weight excluding hydrogens is 432 g/mol. The number of esters is 1. The molecule has 7 nitrogen and oxygen atoms in total. The van der Waals surface area contributed by atoms with Crippen LogP contribution < -0.4 is 4.74 Å². The fourth-order valence-corrected chi connectivity index (χ4v) is 4.37. The lowest BCUT2D eigenvalue weighted by Crippen LogP contribution is -2.67. The van der Waals surface area contributed by atoms with Gasteiger partial charge in [-0.15, -0.1) is 0 Å². The van der Waals surface area contributed by atoms with Crippen LogP contribution in [-0.4, -0.2) is 53.4 Å². The molecule has 0 bridgehead atoms. The van der Waals surface area contributed by atoms with Gasteiger partial charge in [0.1, 0.15) is 17.8 Å². The van der Waals surface area contributed by atoms with Gasteiger partial charge in [0.05, 0.1) is 20.1 Å². The average molecular weight is 467 g/mol. The molecule has 2 atom stereocenters. The number of hydrogen-bond donors (Lipinski definition) is 0. The summed E-state index contributed by atoms with van der Waals surface area (Å²) in [5.41, 5.74) is 1.26. The first kappa shape index (κ1) is 25.3. The summed E-state index contributed by atoms with van der Waals surface area (Å²) in [6.45, 7) is 8.31. The molecule has 2 amide bonds. The Morgan fingerprint density at radius 3 is 2.03 bits per heavy atom. The minimum atomic E-state index is -0.927. The third-order valence-electron chi connectivity index (χ3n) is 5.97. The molecule has 7 heteroatoms. The number of rotatable bonds is 8.